The van der Waals surface area contributed by atoms with Crippen LogP contribution in [0.15, 0.2) is 6.07 Å². The molecule has 13 heavy (non-hydrogen) atoms. The third kappa shape index (κ3) is 1.66. The molecule has 3 heteroatoms. The van der Waals surface area contributed by atoms with E-state index in [-0.39, 0.29) is 19.0 Å². The summed E-state index contributed by atoms with van der Waals surface area (Å²) in [6, 6.07) is 1.49. The Labute approximate surface area is 77.3 Å². The molecule has 0 aliphatic carbocycles. The Bertz CT molecular complexity index is 318. The zero-order valence-electron chi connectivity index (χ0n) is 7.83. The molecule has 1 rings (SSSR count). The summed E-state index contributed by atoms with van der Waals surface area (Å²) in [6.45, 7) is 3.41. The Balaban J connectivity index is 3.37. The van der Waals surface area contributed by atoms with E-state index in [4.69, 9.17) is 10.2 Å². The first kappa shape index (κ1) is 10.0. The van der Waals surface area contributed by atoms with E-state index in [9.17, 15) is 5.11 Å². The van der Waals surface area contributed by atoms with Gasteiger partial charge < -0.3 is 15.3 Å². The molecule has 3 N–H and O–H groups in total. The number of aromatic hydroxyl groups is 1. The monoisotopic (exact) mass is 182 g/mol. The molecule has 0 aliphatic heterocycles. The second-order valence-corrected chi connectivity index (χ2v) is 3.10. The standard InChI is InChI=1S/C10H14O3/c1-6-7(2)9(5-12)10(13)3-8(6)4-11/h3,11-13H,4-5H2,1-2H3. The Morgan fingerprint density at radius 1 is 1.08 bits per heavy atom. The van der Waals surface area contributed by atoms with Crippen LogP contribution in [0, 0.1) is 13.8 Å². The van der Waals surface area contributed by atoms with Crippen LogP contribution in [-0.2, 0) is 13.2 Å². The molecule has 0 unspecified atom stereocenters. The van der Waals surface area contributed by atoms with Gasteiger partial charge in [0.05, 0.1) is 13.2 Å². The van der Waals surface area contributed by atoms with Crippen LogP contribution in [0.2, 0.25) is 0 Å². The van der Waals surface area contributed by atoms with Gasteiger partial charge in [0.2, 0.25) is 0 Å². The third-order valence-corrected chi connectivity index (χ3v) is 2.45. The molecule has 1 aromatic rings. The number of rotatable bonds is 2. The first-order valence-corrected chi connectivity index (χ1v) is 4.14. The molecule has 0 amide bonds. The minimum atomic E-state index is -0.176. The molecule has 0 aliphatic rings. The van der Waals surface area contributed by atoms with E-state index in [1.165, 1.54) is 6.07 Å². The molecule has 0 fully saturated rings. The Morgan fingerprint density at radius 3 is 2.15 bits per heavy atom. The van der Waals surface area contributed by atoms with Crippen molar-refractivity contribution in [2.45, 2.75) is 27.1 Å². The quantitative estimate of drug-likeness (QED) is 0.639. The van der Waals surface area contributed by atoms with Crippen molar-refractivity contribution in [1.29, 1.82) is 0 Å². The maximum Gasteiger partial charge on any atom is 0.121 e. The average Bonchev–Trinajstić information content (AvgIpc) is 2.12. The molecule has 0 atom stereocenters. The maximum absolute atomic E-state index is 9.46. The van der Waals surface area contributed by atoms with Crippen molar-refractivity contribution in [3.05, 3.63) is 28.3 Å². The highest BCUT2D eigenvalue weighted by molar-refractivity contribution is 5.47. The zero-order valence-corrected chi connectivity index (χ0v) is 7.83. The zero-order chi connectivity index (χ0) is 10.0. The number of phenols is 1. The van der Waals surface area contributed by atoms with Crippen molar-refractivity contribution in [3.63, 3.8) is 0 Å². The molecule has 0 saturated carbocycles. The summed E-state index contributed by atoms with van der Waals surface area (Å²) >= 11 is 0. The molecule has 1 aromatic carbocycles. The summed E-state index contributed by atoms with van der Waals surface area (Å²) in [5.41, 5.74) is 3.00. The number of hydrogen-bond acceptors (Lipinski definition) is 3. The fraction of sp³-hybridized carbons (Fsp3) is 0.400. The summed E-state index contributed by atoms with van der Waals surface area (Å²) in [4.78, 5) is 0. The van der Waals surface area contributed by atoms with E-state index in [2.05, 4.69) is 0 Å². The highest BCUT2D eigenvalue weighted by Gasteiger charge is 2.10. The van der Waals surface area contributed by atoms with Gasteiger partial charge in [-0.1, -0.05) is 0 Å². The number of benzene rings is 1. The topological polar surface area (TPSA) is 60.7 Å². The Hall–Kier alpha value is -1.06. The summed E-state index contributed by atoms with van der Waals surface area (Å²) < 4.78 is 0. The van der Waals surface area contributed by atoms with Crippen molar-refractivity contribution in [2.24, 2.45) is 0 Å². The van der Waals surface area contributed by atoms with Crippen LogP contribution in [0.3, 0.4) is 0 Å². The van der Waals surface area contributed by atoms with Gasteiger partial charge >= 0.3 is 0 Å². The molecule has 3 nitrogen and oxygen atoms in total. The first-order chi connectivity index (χ1) is 6.11. The van der Waals surface area contributed by atoms with Crippen LogP contribution in [0.1, 0.15) is 22.3 Å². The molecule has 0 bridgehead atoms. The van der Waals surface area contributed by atoms with Crippen molar-refractivity contribution in [2.75, 3.05) is 0 Å². The average molecular weight is 182 g/mol. The molecule has 0 aromatic heterocycles. The van der Waals surface area contributed by atoms with Crippen LogP contribution in [0.4, 0.5) is 0 Å². The van der Waals surface area contributed by atoms with Gasteiger partial charge in [0.25, 0.3) is 0 Å². The second-order valence-electron chi connectivity index (χ2n) is 3.10. The first-order valence-electron chi connectivity index (χ1n) is 4.14. The summed E-state index contributed by atoms with van der Waals surface area (Å²) in [7, 11) is 0. The normalized spacial score (nSPS) is 10.5. The van der Waals surface area contributed by atoms with Gasteiger partial charge in [-0.2, -0.15) is 0 Å². The largest absolute Gasteiger partial charge is 0.508 e. The number of aliphatic hydroxyl groups excluding tert-OH is 2. The molecule has 0 spiro atoms. The van der Waals surface area contributed by atoms with Crippen LogP contribution in [0.5, 0.6) is 5.75 Å². The fourth-order valence-corrected chi connectivity index (χ4v) is 1.38. The second kappa shape index (κ2) is 3.77. The van der Waals surface area contributed by atoms with Crippen molar-refractivity contribution < 1.29 is 15.3 Å². The van der Waals surface area contributed by atoms with Gasteiger partial charge in [-0.05, 0) is 36.6 Å². The van der Waals surface area contributed by atoms with Crippen molar-refractivity contribution >= 4 is 0 Å². The predicted octanol–water partition coefficient (Wildman–Crippen LogP) is 0.994. The molecule has 0 heterocycles. The summed E-state index contributed by atoms with van der Waals surface area (Å²) in [5, 5.41) is 27.4. The lowest BCUT2D eigenvalue weighted by molar-refractivity contribution is 0.270. The minimum absolute atomic E-state index is 0.0506. The van der Waals surface area contributed by atoms with Gasteiger partial charge in [0, 0.05) is 5.56 Å². The van der Waals surface area contributed by atoms with Crippen LogP contribution in [0.25, 0.3) is 0 Å². The van der Waals surface area contributed by atoms with Crippen LogP contribution >= 0.6 is 0 Å². The lowest BCUT2D eigenvalue weighted by atomic mass is 9.98. The van der Waals surface area contributed by atoms with Gasteiger partial charge in [-0.25, -0.2) is 0 Å². The molecule has 0 saturated heterocycles. The van der Waals surface area contributed by atoms with Crippen LogP contribution < -0.4 is 0 Å². The smallest absolute Gasteiger partial charge is 0.121 e. The van der Waals surface area contributed by atoms with E-state index in [0.29, 0.717) is 11.1 Å². The maximum atomic E-state index is 9.46. The predicted molar refractivity (Wildman–Crippen MR) is 49.4 cm³/mol. The summed E-state index contributed by atoms with van der Waals surface area (Å²) in [5.74, 6) is 0.0506. The van der Waals surface area contributed by atoms with Gasteiger partial charge in [0.15, 0.2) is 0 Å². The molecular weight excluding hydrogens is 168 g/mol. The number of hydrogen-bond donors (Lipinski definition) is 3. The van der Waals surface area contributed by atoms with Crippen LogP contribution in [-0.4, -0.2) is 15.3 Å². The Morgan fingerprint density at radius 2 is 1.69 bits per heavy atom. The van der Waals surface area contributed by atoms with E-state index < -0.39 is 0 Å². The fourth-order valence-electron chi connectivity index (χ4n) is 1.38. The Kier molecular flexibility index (Phi) is 2.90. The lowest BCUT2D eigenvalue weighted by Gasteiger charge is -2.12. The highest BCUT2D eigenvalue weighted by Crippen LogP contribution is 2.27. The third-order valence-electron chi connectivity index (χ3n) is 2.45. The van der Waals surface area contributed by atoms with E-state index >= 15 is 0 Å². The molecule has 0 radical (unpaired) electrons. The summed E-state index contributed by atoms with van der Waals surface area (Å²) in [6.07, 6.45) is 0. The van der Waals surface area contributed by atoms with Crippen molar-refractivity contribution in [3.8, 4) is 5.75 Å². The minimum Gasteiger partial charge on any atom is -0.508 e. The van der Waals surface area contributed by atoms with E-state index in [1.807, 2.05) is 13.8 Å². The van der Waals surface area contributed by atoms with Crippen molar-refractivity contribution in [1.82, 2.24) is 0 Å². The van der Waals surface area contributed by atoms with Gasteiger partial charge in [-0.3, -0.25) is 0 Å². The van der Waals surface area contributed by atoms with E-state index in [1.54, 1.807) is 0 Å². The lowest BCUT2D eigenvalue weighted by Crippen LogP contribution is -1.98. The van der Waals surface area contributed by atoms with Gasteiger partial charge in [0.1, 0.15) is 5.75 Å². The SMILES string of the molecule is Cc1c(CO)cc(O)c(CO)c1C. The molecule has 72 valence electrons. The van der Waals surface area contributed by atoms with E-state index in [0.717, 1.165) is 11.1 Å². The molecular formula is C10H14O3. The highest BCUT2D eigenvalue weighted by atomic mass is 16.3. The number of aliphatic hydroxyl groups is 2. The van der Waals surface area contributed by atoms with Gasteiger partial charge in [-0.15, -0.1) is 0 Å².